The summed E-state index contributed by atoms with van der Waals surface area (Å²) in [5, 5.41) is 9.82. The fourth-order valence-electron chi connectivity index (χ4n) is 4.30. The molecule has 4 heteroatoms. The van der Waals surface area contributed by atoms with Gasteiger partial charge in [-0.15, -0.1) is 0 Å². The number of aliphatic hydroxyl groups is 1. The van der Waals surface area contributed by atoms with Crippen LogP contribution < -0.4 is 0 Å². The van der Waals surface area contributed by atoms with Gasteiger partial charge in [0.1, 0.15) is 0 Å². The normalized spacial score (nSPS) is 29.0. The van der Waals surface area contributed by atoms with E-state index in [9.17, 15) is 5.11 Å². The van der Waals surface area contributed by atoms with Crippen molar-refractivity contribution < 1.29 is 9.84 Å². The number of ether oxygens (including phenoxy) is 1. The number of likely N-dealkylation sites (tertiary alicyclic amines) is 2. The van der Waals surface area contributed by atoms with Crippen LogP contribution in [0.2, 0.25) is 0 Å². The third-order valence-corrected chi connectivity index (χ3v) is 5.87. The van der Waals surface area contributed by atoms with Crippen molar-refractivity contribution in [2.45, 2.75) is 38.5 Å². The van der Waals surface area contributed by atoms with Crippen molar-refractivity contribution in [3.05, 3.63) is 0 Å². The molecule has 21 heavy (non-hydrogen) atoms. The summed E-state index contributed by atoms with van der Waals surface area (Å²) in [6.07, 6.45) is 7.54. The van der Waals surface area contributed by atoms with E-state index in [4.69, 9.17) is 4.74 Å². The summed E-state index contributed by atoms with van der Waals surface area (Å²) in [6, 6.07) is 0. The van der Waals surface area contributed by atoms with Gasteiger partial charge in [0.05, 0.1) is 6.61 Å². The SMILES string of the molecule is OCC1(CN2CCC(CN3CCCC3)CC2)CCOCC1. The van der Waals surface area contributed by atoms with Crippen LogP contribution in [0.5, 0.6) is 0 Å². The average Bonchev–Trinajstić information content (AvgIpc) is 3.03. The Morgan fingerprint density at radius 3 is 2.24 bits per heavy atom. The molecule has 0 unspecified atom stereocenters. The number of aliphatic hydroxyl groups excluding tert-OH is 1. The average molecular weight is 296 g/mol. The standard InChI is InChI=1S/C17H32N2O2/c20-15-17(5-11-21-12-6-17)14-19-9-3-16(4-10-19)13-18-7-1-2-8-18/h16,20H,1-15H2. The van der Waals surface area contributed by atoms with Gasteiger partial charge in [-0.3, -0.25) is 0 Å². The van der Waals surface area contributed by atoms with Gasteiger partial charge < -0.3 is 19.6 Å². The van der Waals surface area contributed by atoms with Crippen molar-refractivity contribution in [1.29, 1.82) is 0 Å². The molecule has 0 amide bonds. The van der Waals surface area contributed by atoms with Crippen LogP contribution in [-0.2, 0) is 4.74 Å². The minimum absolute atomic E-state index is 0.111. The van der Waals surface area contributed by atoms with Gasteiger partial charge >= 0.3 is 0 Å². The van der Waals surface area contributed by atoms with E-state index in [0.717, 1.165) is 38.5 Å². The molecular formula is C17H32N2O2. The van der Waals surface area contributed by atoms with Crippen LogP contribution in [-0.4, -0.2) is 74.0 Å². The molecule has 0 aromatic rings. The van der Waals surface area contributed by atoms with Gasteiger partial charge in [0.2, 0.25) is 0 Å². The van der Waals surface area contributed by atoms with Crippen molar-refractivity contribution in [1.82, 2.24) is 9.80 Å². The Morgan fingerprint density at radius 2 is 1.62 bits per heavy atom. The maximum absolute atomic E-state index is 9.82. The van der Waals surface area contributed by atoms with Crippen molar-refractivity contribution in [3.8, 4) is 0 Å². The minimum Gasteiger partial charge on any atom is -0.396 e. The van der Waals surface area contributed by atoms with Crippen LogP contribution in [0.3, 0.4) is 0 Å². The van der Waals surface area contributed by atoms with Gasteiger partial charge in [0.15, 0.2) is 0 Å². The fourth-order valence-corrected chi connectivity index (χ4v) is 4.30. The van der Waals surface area contributed by atoms with E-state index in [1.54, 1.807) is 0 Å². The summed E-state index contributed by atoms with van der Waals surface area (Å²) in [5.41, 5.74) is 0.111. The zero-order chi connectivity index (χ0) is 14.5. The van der Waals surface area contributed by atoms with E-state index >= 15 is 0 Å². The van der Waals surface area contributed by atoms with Crippen LogP contribution in [0.25, 0.3) is 0 Å². The van der Waals surface area contributed by atoms with Gasteiger partial charge in [-0.25, -0.2) is 0 Å². The fraction of sp³-hybridized carbons (Fsp3) is 1.00. The molecule has 4 nitrogen and oxygen atoms in total. The number of rotatable bonds is 5. The predicted octanol–water partition coefficient (Wildman–Crippen LogP) is 1.58. The van der Waals surface area contributed by atoms with Crippen molar-refractivity contribution >= 4 is 0 Å². The molecule has 0 atom stereocenters. The highest BCUT2D eigenvalue weighted by atomic mass is 16.5. The molecule has 0 radical (unpaired) electrons. The minimum atomic E-state index is 0.111. The lowest BCUT2D eigenvalue weighted by molar-refractivity contribution is -0.0389. The maximum Gasteiger partial charge on any atom is 0.0501 e. The van der Waals surface area contributed by atoms with E-state index < -0.39 is 0 Å². The first kappa shape index (κ1) is 15.7. The number of nitrogens with zero attached hydrogens (tertiary/aromatic N) is 2. The van der Waals surface area contributed by atoms with Gasteiger partial charge in [-0.05, 0) is 70.6 Å². The molecule has 0 aliphatic carbocycles. The second-order valence-corrected chi connectivity index (χ2v) is 7.50. The van der Waals surface area contributed by atoms with E-state index in [0.29, 0.717) is 6.61 Å². The van der Waals surface area contributed by atoms with Crippen LogP contribution in [0.4, 0.5) is 0 Å². The first-order chi connectivity index (χ1) is 10.3. The molecule has 3 aliphatic heterocycles. The summed E-state index contributed by atoms with van der Waals surface area (Å²) in [6.45, 7) is 9.47. The van der Waals surface area contributed by atoms with E-state index in [-0.39, 0.29) is 5.41 Å². The summed E-state index contributed by atoms with van der Waals surface area (Å²) in [4.78, 5) is 5.26. The summed E-state index contributed by atoms with van der Waals surface area (Å²) < 4.78 is 5.47. The molecule has 1 N–H and O–H groups in total. The molecule has 3 heterocycles. The highest BCUT2D eigenvalue weighted by molar-refractivity contribution is 4.87. The Bertz CT molecular complexity index is 304. The molecule has 0 aromatic heterocycles. The predicted molar refractivity (Wildman–Crippen MR) is 84.4 cm³/mol. The van der Waals surface area contributed by atoms with Crippen LogP contribution in [0.15, 0.2) is 0 Å². The molecule has 3 fully saturated rings. The molecule has 122 valence electrons. The first-order valence-corrected chi connectivity index (χ1v) is 8.93. The number of piperidine rings is 1. The van der Waals surface area contributed by atoms with E-state index in [1.165, 1.54) is 58.4 Å². The molecule has 0 saturated carbocycles. The topological polar surface area (TPSA) is 35.9 Å². The molecular weight excluding hydrogens is 264 g/mol. The molecule has 3 aliphatic rings. The number of hydrogen-bond acceptors (Lipinski definition) is 4. The van der Waals surface area contributed by atoms with Gasteiger partial charge in [-0.1, -0.05) is 0 Å². The largest absolute Gasteiger partial charge is 0.396 e. The Hall–Kier alpha value is -0.160. The first-order valence-electron chi connectivity index (χ1n) is 8.93. The lowest BCUT2D eigenvalue weighted by Crippen LogP contribution is -2.47. The van der Waals surface area contributed by atoms with Crippen LogP contribution in [0, 0.1) is 11.3 Å². The molecule has 3 rings (SSSR count). The highest BCUT2D eigenvalue weighted by Crippen LogP contribution is 2.32. The molecule has 0 spiro atoms. The zero-order valence-electron chi connectivity index (χ0n) is 13.4. The van der Waals surface area contributed by atoms with E-state index in [2.05, 4.69) is 9.80 Å². The summed E-state index contributed by atoms with van der Waals surface area (Å²) >= 11 is 0. The van der Waals surface area contributed by atoms with Crippen molar-refractivity contribution in [3.63, 3.8) is 0 Å². The Labute approximate surface area is 129 Å². The third kappa shape index (κ3) is 4.19. The summed E-state index contributed by atoms with van der Waals surface area (Å²) in [7, 11) is 0. The molecule has 0 aromatic carbocycles. The van der Waals surface area contributed by atoms with E-state index in [1.807, 2.05) is 0 Å². The van der Waals surface area contributed by atoms with Gasteiger partial charge in [0, 0.05) is 31.7 Å². The van der Waals surface area contributed by atoms with Crippen LogP contribution in [0.1, 0.15) is 38.5 Å². The smallest absolute Gasteiger partial charge is 0.0501 e. The second-order valence-electron chi connectivity index (χ2n) is 7.50. The second kappa shape index (κ2) is 7.40. The lowest BCUT2D eigenvalue weighted by atomic mass is 9.80. The molecule has 3 saturated heterocycles. The quantitative estimate of drug-likeness (QED) is 0.836. The third-order valence-electron chi connectivity index (χ3n) is 5.87. The monoisotopic (exact) mass is 296 g/mol. The number of hydrogen-bond donors (Lipinski definition) is 1. The van der Waals surface area contributed by atoms with Crippen LogP contribution >= 0.6 is 0 Å². The summed E-state index contributed by atoms with van der Waals surface area (Å²) in [5.74, 6) is 0.902. The Kier molecular flexibility index (Phi) is 5.54. The lowest BCUT2D eigenvalue weighted by Gasteiger charge is -2.42. The Balaban J connectivity index is 1.42. The molecule has 0 bridgehead atoms. The van der Waals surface area contributed by atoms with Crippen molar-refractivity contribution in [2.24, 2.45) is 11.3 Å². The highest BCUT2D eigenvalue weighted by Gasteiger charge is 2.35. The van der Waals surface area contributed by atoms with Gasteiger partial charge in [-0.2, -0.15) is 0 Å². The Morgan fingerprint density at radius 1 is 0.952 bits per heavy atom. The zero-order valence-corrected chi connectivity index (χ0v) is 13.4. The maximum atomic E-state index is 9.82. The van der Waals surface area contributed by atoms with Crippen molar-refractivity contribution in [2.75, 3.05) is 59.1 Å². The van der Waals surface area contributed by atoms with Gasteiger partial charge in [0.25, 0.3) is 0 Å².